The van der Waals surface area contributed by atoms with Crippen molar-refractivity contribution in [3.05, 3.63) is 54.4 Å². The summed E-state index contributed by atoms with van der Waals surface area (Å²) in [7, 11) is 0. The molecular formula is C17H17N3. The Morgan fingerprint density at radius 3 is 2.70 bits per heavy atom. The number of nitrogens with zero attached hydrogens (tertiary/aromatic N) is 2. The predicted octanol–water partition coefficient (Wildman–Crippen LogP) is 3.83. The number of anilines is 1. The summed E-state index contributed by atoms with van der Waals surface area (Å²) < 4.78 is 0. The summed E-state index contributed by atoms with van der Waals surface area (Å²) in [6, 6.07) is 14.2. The molecule has 3 rings (SSSR count). The Morgan fingerprint density at radius 1 is 1.00 bits per heavy atom. The maximum atomic E-state index is 5.82. The van der Waals surface area contributed by atoms with Gasteiger partial charge < -0.3 is 5.73 Å². The summed E-state index contributed by atoms with van der Waals surface area (Å²) in [5.74, 6) is 0.574. The van der Waals surface area contributed by atoms with E-state index < -0.39 is 0 Å². The van der Waals surface area contributed by atoms with Crippen LogP contribution in [0, 0.1) is 0 Å². The van der Waals surface area contributed by atoms with Crippen molar-refractivity contribution < 1.29 is 0 Å². The van der Waals surface area contributed by atoms with Gasteiger partial charge in [-0.05, 0) is 24.6 Å². The van der Waals surface area contributed by atoms with Gasteiger partial charge in [0.25, 0.3) is 0 Å². The lowest BCUT2D eigenvalue weighted by Crippen LogP contribution is -1.99. The Labute approximate surface area is 118 Å². The maximum Gasteiger partial charge on any atom is 0.123 e. The van der Waals surface area contributed by atoms with Crippen LogP contribution in [-0.2, 0) is 6.42 Å². The number of pyridine rings is 2. The molecule has 2 N–H and O–H groups in total. The molecule has 20 heavy (non-hydrogen) atoms. The second kappa shape index (κ2) is 5.29. The largest absolute Gasteiger partial charge is 0.384 e. The lowest BCUT2D eigenvalue weighted by molar-refractivity contribution is 0.887. The summed E-state index contributed by atoms with van der Waals surface area (Å²) in [5, 5.41) is 1.14. The molecule has 100 valence electrons. The molecule has 3 aromatic rings. The van der Waals surface area contributed by atoms with E-state index >= 15 is 0 Å². The molecule has 0 spiro atoms. The summed E-state index contributed by atoms with van der Waals surface area (Å²) >= 11 is 0. The van der Waals surface area contributed by atoms with Gasteiger partial charge in [0.1, 0.15) is 5.82 Å². The van der Waals surface area contributed by atoms with Gasteiger partial charge in [-0.25, -0.2) is 4.98 Å². The lowest BCUT2D eigenvalue weighted by Gasteiger charge is -2.11. The number of para-hydroxylation sites is 1. The minimum absolute atomic E-state index is 0.574. The van der Waals surface area contributed by atoms with Crippen molar-refractivity contribution in [3.63, 3.8) is 0 Å². The minimum Gasteiger partial charge on any atom is -0.384 e. The van der Waals surface area contributed by atoms with Gasteiger partial charge in [-0.1, -0.05) is 37.6 Å². The van der Waals surface area contributed by atoms with E-state index in [1.54, 1.807) is 0 Å². The molecule has 2 aromatic heterocycles. The van der Waals surface area contributed by atoms with Crippen molar-refractivity contribution in [1.29, 1.82) is 0 Å². The number of aromatic nitrogens is 2. The van der Waals surface area contributed by atoms with Crippen LogP contribution in [0.4, 0.5) is 5.82 Å². The molecule has 0 radical (unpaired) electrons. The lowest BCUT2D eigenvalue weighted by atomic mass is 9.98. The van der Waals surface area contributed by atoms with E-state index in [0.29, 0.717) is 5.82 Å². The normalized spacial score (nSPS) is 10.8. The van der Waals surface area contributed by atoms with E-state index in [1.807, 2.05) is 18.3 Å². The molecule has 0 atom stereocenters. The third-order valence-electron chi connectivity index (χ3n) is 3.41. The second-order valence-corrected chi connectivity index (χ2v) is 4.86. The zero-order chi connectivity index (χ0) is 13.9. The fourth-order valence-electron chi connectivity index (χ4n) is 2.51. The van der Waals surface area contributed by atoms with E-state index in [0.717, 1.165) is 40.6 Å². The van der Waals surface area contributed by atoms with Crippen molar-refractivity contribution in [1.82, 2.24) is 9.97 Å². The van der Waals surface area contributed by atoms with Gasteiger partial charge in [0, 0.05) is 22.7 Å². The molecule has 0 saturated carbocycles. The SMILES string of the molecule is CCCc1nc(N)ccc1-c1cccc2cccnc12. The van der Waals surface area contributed by atoms with E-state index in [9.17, 15) is 0 Å². The number of nitrogens with two attached hydrogens (primary N) is 1. The first-order valence-electron chi connectivity index (χ1n) is 6.89. The highest BCUT2D eigenvalue weighted by Gasteiger charge is 2.10. The van der Waals surface area contributed by atoms with Crippen LogP contribution in [0.1, 0.15) is 19.0 Å². The standard InChI is InChI=1S/C17H17N3/c1-2-5-15-13(9-10-16(18)20-15)14-8-3-6-12-7-4-11-19-17(12)14/h3-4,6-11H,2,5H2,1H3,(H2,18,20). The molecule has 0 aliphatic heterocycles. The summed E-state index contributed by atoms with van der Waals surface area (Å²) in [6.45, 7) is 2.15. The molecule has 0 saturated heterocycles. The molecule has 0 amide bonds. The average Bonchev–Trinajstić information content (AvgIpc) is 2.47. The minimum atomic E-state index is 0.574. The van der Waals surface area contributed by atoms with Gasteiger partial charge in [-0.3, -0.25) is 4.98 Å². The Morgan fingerprint density at radius 2 is 1.85 bits per heavy atom. The first-order valence-corrected chi connectivity index (χ1v) is 6.89. The topological polar surface area (TPSA) is 51.8 Å². The molecule has 0 fully saturated rings. The summed E-state index contributed by atoms with van der Waals surface area (Å²) in [5.41, 5.74) is 10.1. The molecule has 0 unspecified atom stereocenters. The number of hydrogen-bond acceptors (Lipinski definition) is 3. The quantitative estimate of drug-likeness (QED) is 0.781. The average molecular weight is 263 g/mol. The number of rotatable bonds is 3. The van der Waals surface area contributed by atoms with Gasteiger partial charge in [0.05, 0.1) is 11.2 Å². The Hall–Kier alpha value is -2.42. The van der Waals surface area contributed by atoms with Crippen LogP contribution in [0.25, 0.3) is 22.0 Å². The highest BCUT2D eigenvalue weighted by molar-refractivity contribution is 5.94. The van der Waals surface area contributed by atoms with Crippen LogP contribution in [-0.4, -0.2) is 9.97 Å². The first kappa shape index (κ1) is 12.6. The third-order valence-corrected chi connectivity index (χ3v) is 3.41. The van der Waals surface area contributed by atoms with Crippen LogP contribution in [0.3, 0.4) is 0 Å². The number of hydrogen-bond donors (Lipinski definition) is 1. The Balaban J connectivity index is 2.25. The maximum absolute atomic E-state index is 5.82. The molecule has 0 aliphatic carbocycles. The molecule has 0 aliphatic rings. The van der Waals surface area contributed by atoms with Crippen molar-refractivity contribution >= 4 is 16.7 Å². The van der Waals surface area contributed by atoms with Gasteiger partial charge in [0.15, 0.2) is 0 Å². The van der Waals surface area contributed by atoms with E-state index in [1.165, 1.54) is 0 Å². The first-order chi connectivity index (χ1) is 9.79. The highest BCUT2D eigenvalue weighted by atomic mass is 14.8. The molecular weight excluding hydrogens is 246 g/mol. The van der Waals surface area contributed by atoms with Gasteiger partial charge in [-0.15, -0.1) is 0 Å². The van der Waals surface area contributed by atoms with Crippen molar-refractivity contribution in [2.24, 2.45) is 0 Å². The van der Waals surface area contributed by atoms with Crippen LogP contribution >= 0.6 is 0 Å². The second-order valence-electron chi connectivity index (χ2n) is 4.86. The fraction of sp³-hybridized carbons (Fsp3) is 0.176. The predicted molar refractivity (Wildman–Crippen MR) is 83.4 cm³/mol. The zero-order valence-corrected chi connectivity index (χ0v) is 11.5. The zero-order valence-electron chi connectivity index (χ0n) is 11.5. The van der Waals surface area contributed by atoms with Gasteiger partial charge in [-0.2, -0.15) is 0 Å². The monoisotopic (exact) mass is 263 g/mol. The van der Waals surface area contributed by atoms with E-state index in [4.69, 9.17) is 5.73 Å². The Bertz CT molecular complexity index is 745. The van der Waals surface area contributed by atoms with Gasteiger partial charge in [0.2, 0.25) is 0 Å². The van der Waals surface area contributed by atoms with Crippen LogP contribution < -0.4 is 5.73 Å². The number of benzene rings is 1. The number of fused-ring (bicyclic) bond motifs is 1. The smallest absolute Gasteiger partial charge is 0.123 e. The summed E-state index contributed by atoms with van der Waals surface area (Å²) in [6.07, 6.45) is 3.79. The third kappa shape index (κ3) is 2.23. The summed E-state index contributed by atoms with van der Waals surface area (Å²) in [4.78, 5) is 9.02. The highest BCUT2D eigenvalue weighted by Crippen LogP contribution is 2.30. The Kier molecular flexibility index (Phi) is 3.33. The van der Waals surface area contributed by atoms with Crippen LogP contribution in [0.15, 0.2) is 48.7 Å². The van der Waals surface area contributed by atoms with E-state index in [2.05, 4.69) is 47.2 Å². The molecule has 3 nitrogen and oxygen atoms in total. The molecule has 1 aromatic carbocycles. The molecule has 3 heteroatoms. The van der Waals surface area contributed by atoms with Crippen molar-refractivity contribution in [2.75, 3.05) is 5.73 Å². The van der Waals surface area contributed by atoms with E-state index in [-0.39, 0.29) is 0 Å². The number of nitrogen functional groups attached to an aromatic ring is 1. The van der Waals surface area contributed by atoms with Crippen LogP contribution in [0.2, 0.25) is 0 Å². The van der Waals surface area contributed by atoms with Crippen LogP contribution in [0.5, 0.6) is 0 Å². The van der Waals surface area contributed by atoms with Crippen molar-refractivity contribution in [2.45, 2.75) is 19.8 Å². The van der Waals surface area contributed by atoms with Crippen molar-refractivity contribution in [3.8, 4) is 11.1 Å². The molecule has 2 heterocycles. The number of aryl methyl sites for hydroxylation is 1. The van der Waals surface area contributed by atoms with Gasteiger partial charge >= 0.3 is 0 Å². The fourth-order valence-corrected chi connectivity index (χ4v) is 2.51. The molecule has 0 bridgehead atoms.